The molecular formula is C24H33N5O2. The van der Waals surface area contributed by atoms with Crippen LogP contribution in [0.2, 0.25) is 0 Å². The minimum Gasteiger partial charge on any atom is -0.309 e. The molecule has 1 aromatic carbocycles. The Balaban J connectivity index is 1.51. The lowest BCUT2D eigenvalue weighted by atomic mass is 9.85. The Bertz CT molecular complexity index is 944. The van der Waals surface area contributed by atoms with Gasteiger partial charge < -0.3 is 4.90 Å². The molecule has 3 heterocycles. The highest BCUT2D eigenvalue weighted by molar-refractivity contribution is 6.07. The van der Waals surface area contributed by atoms with Gasteiger partial charge in [0.1, 0.15) is 5.54 Å². The molecule has 0 saturated carbocycles. The first-order valence-electron chi connectivity index (χ1n) is 11.2. The van der Waals surface area contributed by atoms with Crippen LogP contribution in [-0.2, 0) is 24.8 Å². The molecule has 2 saturated heterocycles. The van der Waals surface area contributed by atoms with Gasteiger partial charge in [0.15, 0.2) is 0 Å². The summed E-state index contributed by atoms with van der Waals surface area (Å²) in [6, 6.07) is 9.92. The molecule has 1 aromatic heterocycles. The third-order valence-electron chi connectivity index (χ3n) is 6.75. The predicted octanol–water partition coefficient (Wildman–Crippen LogP) is 2.98. The van der Waals surface area contributed by atoms with Crippen LogP contribution in [-0.4, -0.2) is 67.6 Å². The van der Waals surface area contributed by atoms with Gasteiger partial charge in [-0.05, 0) is 45.6 Å². The molecule has 2 aromatic rings. The number of carbonyl (C=O) groups excluding carboxylic acids is 2. The number of rotatable bonds is 6. The van der Waals surface area contributed by atoms with Crippen molar-refractivity contribution < 1.29 is 9.59 Å². The van der Waals surface area contributed by atoms with E-state index in [1.165, 1.54) is 16.0 Å². The highest BCUT2D eigenvalue weighted by Gasteiger charge is 2.58. The maximum atomic E-state index is 13.5. The summed E-state index contributed by atoms with van der Waals surface area (Å²) >= 11 is 0. The molecule has 4 rings (SSSR count). The van der Waals surface area contributed by atoms with Crippen molar-refractivity contribution >= 4 is 11.9 Å². The SMILES string of the molecule is Cc1nn(C)cc1CN1CCC2(CC1)C(=O)N(C(C)C)C(=O)N2CCc1ccccc1. The van der Waals surface area contributed by atoms with Gasteiger partial charge in [0.2, 0.25) is 0 Å². The van der Waals surface area contributed by atoms with E-state index < -0.39 is 5.54 Å². The lowest BCUT2D eigenvalue weighted by Gasteiger charge is -2.42. The number of nitrogens with zero attached hydrogens (tertiary/aromatic N) is 5. The van der Waals surface area contributed by atoms with Crippen LogP contribution in [0.15, 0.2) is 36.5 Å². The van der Waals surface area contributed by atoms with Crippen LogP contribution in [0.1, 0.15) is 43.5 Å². The zero-order valence-electron chi connectivity index (χ0n) is 19.0. The maximum Gasteiger partial charge on any atom is 0.327 e. The molecule has 0 unspecified atom stereocenters. The maximum absolute atomic E-state index is 13.5. The van der Waals surface area contributed by atoms with E-state index in [0.717, 1.165) is 31.7 Å². The van der Waals surface area contributed by atoms with Gasteiger partial charge in [0.05, 0.1) is 5.69 Å². The highest BCUT2D eigenvalue weighted by atomic mass is 16.2. The zero-order valence-corrected chi connectivity index (χ0v) is 19.0. The number of imide groups is 1. The van der Waals surface area contributed by atoms with E-state index in [0.29, 0.717) is 19.4 Å². The number of benzene rings is 1. The Morgan fingerprint density at radius 3 is 2.35 bits per heavy atom. The third kappa shape index (κ3) is 3.99. The highest BCUT2D eigenvalue weighted by Crippen LogP contribution is 2.38. The average molecular weight is 424 g/mol. The first-order chi connectivity index (χ1) is 14.8. The van der Waals surface area contributed by atoms with Gasteiger partial charge in [-0.2, -0.15) is 5.10 Å². The summed E-state index contributed by atoms with van der Waals surface area (Å²) in [4.78, 5) is 32.5. The van der Waals surface area contributed by atoms with Gasteiger partial charge in [-0.3, -0.25) is 19.3 Å². The Morgan fingerprint density at radius 1 is 1.10 bits per heavy atom. The summed E-state index contributed by atoms with van der Waals surface area (Å²) in [5.74, 6) is -0.0160. The molecule has 7 heteroatoms. The summed E-state index contributed by atoms with van der Waals surface area (Å²) in [5, 5.41) is 4.44. The molecule has 0 bridgehead atoms. The monoisotopic (exact) mass is 423 g/mol. The number of carbonyl (C=O) groups is 2. The van der Waals surface area contributed by atoms with Crippen LogP contribution in [0, 0.1) is 6.92 Å². The third-order valence-corrected chi connectivity index (χ3v) is 6.75. The number of hydrogen-bond donors (Lipinski definition) is 0. The number of urea groups is 1. The molecule has 2 fully saturated rings. The van der Waals surface area contributed by atoms with E-state index in [2.05, 4.69) is 28.3 Å². The molecule has 2 aliphatic heterocycles. The summed E-state index contributed by atoms with van der Waals surface area (Å²) < 4.78 is 1.85. The molecule has 7 nitrogen and oxygen atoms in total. The smallest absolute Gasteiger partial charge is 0.309 e. The van der Waals surface area contributed by atoms with Crippen LogP contribution < -0.4 is 0 Å². The molecule has 166 valence electrons. The summed E-state index contributed by atoms with van der Waals surface area (Å²) in [7, 11) is 1.94. The van der Waals surface area contributed by atoms with E-state index in [9.17, 15) is 9.59 Å². The fraction of sp³-hybridized carbons (Fsp3) is 0.542. The lowest BCUT2D eigenvalue weighted by Crippen LogP contribution is -2.56. The normalized spacial score (nSPS) is 19.3. The summed E-state index contributed by atoms with van der Waals surface area (Å²) in [6.07, 6.45) is 4.17. The number of aromatic nitrogens is 2. The quantitative estimate of drug-likeness (QED) is 0.670. The van der Waals surface area contributed by atoms with E-state index in [-0.39, 0.29) is 18.0 Å². The number of aryl methyl sites for hydroxylation is 2. The Labute approximate surface area is 184 Å². The van der Waals surface area contributed by atoms with Gasteiger partial charge in [-0.1, -0.05) is 30.3 Å². The second-order valence-corrected chi connectivity index (χ2v) is 9.16. The van der Waals surface area contributed by atoms with Crippen molar-refractivity contribution in [3.05, 3.63) is 53.3 Å². The molecule has 1 spiro atoms. The van der Waals surface area contributed by atoms with Gasteiger partial charge >= 0.3 is 6.03 Å². The minimum atomic E-state index is -0.712. The molecule has 2 aliphatic rings. The fourth-order valence-corrected chi connectivity index (χ4v) is 5.00. The Hall–Kier alpha value is -2.67. The lowest BCUT2D eigenvalue weighted by molar-refractivity contribution is -0.136. The zero-order chi connectivity index (χ0) is 22.2. The van der Waals surface area contributed by atoms with Crippen LogP contribution in [0.25, 0.3) is 0 Å². The van der Waals surface area contributed by atoms with Crippen molar-refractivity contribution in [3.63, 3.8) is 0 Å². The molecule has 0 aliphatic carbocycles. The average Bonchev–Trinajstić information content (AvgIpc) is 3.16. The van der Waals surface area contributed by atoms with Gasteiger partial charge in [0, 0.05) is 51.0 Å². The Kier molecular flexibility index (Phi) is 5.88. The van der Waals surface area contributed by atoms with Crippen molar-refractivity contribution in [1.82, 2.24) is 24.5 Å². The van der Waals surface area contributed by atoms with Crippen LogP contribution in [0.5, 0.6) is 0 Å². The van der Waals surface area contributed by atoms with Crippen LogP contribution >= 0.6 is 0 Å². The molecular weight excluding hydrogens is 390 g/mol. The van der Waals surface area contributed by atoms with Gasteiger partial charge in [0.25, 0.3) is 5.91 Å². The fourth-order valence-electron chi connectivity index (χ4n) is 5.00. The standard InChI is InChI=1S/C24H33N5O2/c1-18(2)29-22(30)24(28(23(29)31)13-10-20-8-6-5-7-9-20)11-14-27(15-12-24)17-21-16-26(4)25-19(21)3/h5-9,16,18H,10-15,17H2,1-4H3. The molecule has 0 radical (unpaired) electrons. The van der Waals surface area contributed by atoms with Crippen molar-refractivity contribution in [2.24, 2.45) is 7.05 Å². The molecule has 0 atom stereocenters. The van der Waals surface area contributed by atoms with Crippen molar-refractivity contribution in [3.8, 4) is 0 Å². The van der Waals surface area contributed by atoms with Gasteiger partial charge in [-0.15, -0.1) is 0 Å². The van der Waals surface area contributed by atoms with Crippen LogP contribution in [0.3, 0.4) is 0 Å². The van der Waals surface area contributed by atoms with E-state index >= 15 is 0 Å². The largest absolute Gasteiger partial charge is 0.327 e. The predicted molar refractivity (Wildman–Crippen MR) is 119 cm³/mol. The van der Waals surface area contributed by atoms with Gasteiger partial charge in [-0.25, -0.2) is 4.79 Å². The molecule has 0 N–H and O–H groups in total. The number of likely N-dealkylation sites (tertiary alicyclic amines) is 1. The summed E-state index contributed by atoms with van der Waals surface area (Å²) in [5.41, 5.74) is 2.74. The van der Waals surface area contributed by atoms with E-state index in [1.54, 1.807) is 0 Å². The molecule has 3 amide bonds. The Morgan fingerprint density at radius 2 is 1.77 bits per heavy atom. The van der Waals surface area contributed by atoms with Crippen molar-refractivity contribution in [1.29, 1.82) is 0 Å². The van der Waals surface area contributed by atoms with E-state index in [1.807, 2.05) is 55.6 Å². The minimum absolute atomic E-state index is 0.0160. The first kappa shape index (κ1) is 21.6. The van der Waals surface area contributed by atoms with Crippen molar-refractivity contribution in [2.45, 2.75) is 58.2 Å². The number of amides is 3. The van der Waals surface area contributed by atoms with Crippen LogP contribution in [0.4, 0.5) is 4.79 Å². The summed E-state index contributed by atoms with van der Waals surface area (Å²) in [6.45, 7) is 8.86. The van der Waals surface area contributed by atoms with Crippen molar-refractivity contribution in [2.75, 3.05) is 19.6 Å². The van der Waals surface area contributed by atoms with E-state index in [4.69, 9.17) is 0 Å². The second kappa shape index (κ2) is 8.46. The first-order valence-corrected chi connectivity index (χ1v) is 11.2. The second-order valence-electron chi connectivity index (χ2n) is 9.16. The topological polar surface area (TPSA) is 61.7 Å². The molecule has 31 heavy (non-hydrogen) atoms. The number of hydrogen-bond acceptors (Lipinski definition) is 4. The number of piperidine rings is 1.